The van der Waals surface area contributed by atoms with Crippen LogP contribution < -0.4 is 15.4 Å². The summed E-state index contributed by atoms with van der Waals surface area (Å²) < 4.78 is 27.7. The molecule has 1 aromatic carbocycles. The number of amides is 4. The number of nitrogens with one attached hydrogen (secondary N) is 3. The van der Waals surface area contributed by atoms with Crippen molar-refractivity contribution >= 4 is 61.9 Å². The van der Waals surface area contributed by atoms with Crippen molar-refractivity contribution in [2.45, 2.75) is 107 Å². The van der Waals surface area contributed by atoms with E-state index in [0.717, 1.165) is 49.0 Å². The molecule has 6 atom stereocenters. The van der Waals surface area contributed by atoms with E-state index < -0.39 is 68.7 Å². The summed E-state index contributed by atoms with van der Waals surface area (Å²) in [4.78, 5) is 64.1. The predicted molar refractivity (Wildman–Crippen MR) is 196 cm³/mol. The molecule has 4 fully saturated rings. The zero-order valence-corrected chi connectivity index (χ0v) is 31.4. The Bertz CT molecular complexity index is 1880. The average molecular weight is 773 g/mol. The Morgan fingerprint density at radius 1 is 1.15 bits per heavy atom. The minimum absolute atomic E-state index is 0.0159. The first-order valence-corrected chi connectivity index (χ1v) is 20.9. The van der Waals surface area contributed by atoms with Crippen LogP contribution in [0.3, 0.4) is 0 Å². The maximum absolute atomic E-state index is 15.0. The Morgan fingerprint density at radius 2 is 1.90 bits per heavy atom. The summed E-state index contributed by atoms with van der Waals surface area (Å²) in [5.41, 5.74) is -0.105. The first-order chi connectivity index (χ1) is 24.9. The van der Waals surface area contributed by atoms with Crippen molar-refractivity contribution in [2.24, 2.45) is 17.8 Å². The molecule has 280 valence electrons. The summed E-state index contributed by atoms with van der Waals surface area (Å²) in [6, 6.07) is 2.90. The molecule has 0 radical (unpaired) electrons. The van der Waals surface area contributed by atoms with Crippen LogP contribution in [0.4, 0.5) is 9.93 Å². The molecule has 1 saturated heterocycles. The van der Waals surface area contributed by atoms with E-state index in [1.165, 1.54) is 22.3 Å². The zero-order valence-electron chi connectivity index (χ0n) is 29.1. The Labute approximate surface area is 312 Å². The molecular weight excluding hydrogens is 728 g/mol. The van der Waals surface area contributed by atoms with Crippen LogP contribution in [-0.4, -0.2) is 81.5 Å². The van der Waals surface area contributed by atoms with E-state index in [2.05, 4.69) is 26.9 Å². The molecule has 0 bridgehead atoms. The molecule has 13 nitrogen and oxygen atoms in total. The highest BCUT2D eigenvalue weighted by atomic mass is 35.5. The van der Waals surface area contributed by atoms with Crippen molar-refractivity contribution < 1.29 is 32.7 Å². The third-order valence-electron chi connectivity index (χ3n) is 11.6. The number of hydrogen-bond acceptors (Lipinski definition) is 9. The normalized spacial score (nSPS) is 27.8. The van der Waals surface area contributed by atoms with Gasteiger partial charge in [-0.3, -0.25) is 24.0 Å². The number of carboxylic acid groups (broad SMARTS) is 1. The third kappa shape index (κ3) is 6.91. The fraction of sp³-hybridized carbons (Fsp3) is 0.583. The highest BCUT2D eigenvalue weighted by Gasteiger charge is 2.62. The van der Waals surface area contributed by atoms with Crippen molar-refractivity contribution in [1.82, 2.24) is 24.8 Å². The predicted octanol–water partition coefficient (Wildman–Crippen LogP) is 4.84. The fourth-order valence-electron chi connectivity index (χ4n) is 8.46. The number of nitrogens with zero attached hydrogens (tertiary/aromatic N) is 3. The monoisotopic (exact) mass is 772 g/mol. The standard InChI is InChI=1S/C36H45ClN6O7S2/c1-3-22-16-36(22,33(46)41-52(49,50)24-13-14-24)40-31(44)28-15-21(30-25-11-8-12-27(37)26(25)19-43(30)35(47)48)18-42(28)32(45)29(20-9-6-5-7-10-20)39-34-38-17-23(4-2)51-34/h3,8,11-12,17,20-22,24,28-30H,1,4-7,9-10,13-16,18-19H2,2H3,(H,38,39)(H,40,44)(H,41,46)(H,47,48)/t21-,22-,28+,29+,30?,36-/m1/s1. The first-order valence-electron chi connectivity index (χ1n) is 18.2. The number of sulfonamides is 1. The van der Waals surface area contributed by atoms with Crippen LogP contribution in [0.2, 0.25) is 5.02 Å². The molecule has 52 heavy (non-hydrogen) atoms. The second-order valence-electron chi connectivity index (χ2n) is 14.9. The Balaban J connectivity index is 1.22. The molecule has 4 N–H and O–H groups in total. The molecule has 0 spiro atoms. The van der Waals surface area contributed by atoms with Crippen LogP contribution in [0.15, 0.2) is 37.1 Å². The number of likely N-dealkylation sites (tertiary alicyclic amines) is 1. The van der Waals surface area contributed by atoms with Crippen molar-refractivity contribution in [3.63, 3.8) is 0 Å². The van der Waals surface area contributed by atoms with E-state index in [1.807, 2.05) is 13.0 Å². The minimum Gasteiger partial charge on any atom is -0.465 e. The Morgan fingerprint density at radius 3 is 2.54 bits per heavy atom. The molecule has 5 aliphatic rings. The van der Waals surface area contributed by atoms with Crippen LogP contribution in [0.5, 0.6) is 0 Å². The maximum Gasteiger partial charge on any atom is 0.408 e. The number of carbonyl (C=O) groups is 4. The van der Waals surface area contributed by atoms with E-state index in [0.29, 0.717) is 28.6 Å². The highest BCUT2D eigenvalue weighted by molar-refractivity contribution is 7.91. The molecule has 3 saturated carbocycles. The molecule has 7 rings (SSSR count). The van der Waals surface area contributed by atoms with Gasteiger partial charge >= 0.3 is 6.09 Å². The first kappa shape index (κ1) is 36.7. The largest absolute Gasteiger partial charge is 0.465 e. The number of carbonyl (C=O) groups excluding carboxylic acids is 3. The molecule has 3 aliphatic carbocycles. The van der Waals surface area contributed by atoms with Gasteiger partial charge in [-0.15, -0.1) is 17.9 Å². The zero-order chi connectivity index (χ0) is 36.9. The van der Waals surface area contributed by atoms with Crippen molar-refractivity contribution in [3.05, 3.63) is 58.1 Å². The van der Waals surface area contributed by atoms with E-state index >= 15 is 0 Å². The smallest absolute Gasteiger partial charge is 0.408 e. The summed E-state index contributed by atoms with van der Waals surface area (Å²) in [7, 11) is -3.89. The second kappa shape index (κ2) is 14.3. The van der Waals surface area contributed by atoms with Crippen LogP contribution in [0.1, 0.15) is 86.8 Å². The van der Waals surface area contributed by atoms with Crippen molar-refractivity contribution in [1.29, 1.82) is 0 Å². The van der Waals surface area contributed by atoms with E-state index in [4.69, 9.17) is 11.6 Å². The number of aromatic nitrogens is 1. The lowest BCUT2D eigenvalue weighted by Gasteiger charge is -2.35. The SMILES string of the molecule is C=C[C@@H]1C[C@]1(NC(=O)[C@@H]1C[C@@H](C2c3cccc(Cl)c3CN2C(=O)O)CN1C(=O)[C@@H](Nc1ncc(CC)s1)C1CCCCC1)C(=O)NS(=O)(=O)C1CC1. The number of halogens is 1. The molecule has 1 aromatic heterocycles. The lowest BCUT2D eigenvalue weighted by atomic mass is 9.83. The average Bonchev–Trinajstić information content (AvgIpc) is 3.95. The maximum atomic E-state index is 15.0. The van der Waals surface area contributed by atoms with E-state index in [-0.39, 0.29) is 37.8 Å². The van der Waals surface area contributed by atoms with E-state index in [1.54, 1.807) is 23.2 Å². The van der Waals surface area contributed by atoms with Gasteiger partial charge in [0.2, 0.25) is 21.8 Å². The summed E-state index contributed by atoms with van der Waals surface area (Å²) in [5, 5.41) is 17.0. The lowest BCUT2D eigenvalue weighted by molar-refractivity contribution is -0.141. The number of hydrogen-bond donors (Lipinski definition) is 4. The van der Waals surface area contributed by atoms with Gasteiger partial charge in [0.05, 0.1) is 17.8 Å². The highest BCUT2D eigenvalue weighted by Crippen LogP contribution is 2.48. The van der Waals surface area contributed by atoms with Gasteiger partial charge in [0.25, 0.3) is 5.91 Å². The summed E-state index contributed by atoms with van der Waals surface area (Å²) in [6.07, 6.45) is 8.85. The minimum atomic E-state index is -3.89. The van der Waals surface area contributed by atoms with Gasteiger partial charge in [0.1, 0.15) is 17.6 Å². The number of aryl methyl sites for hydroxylation is 1. The molecule has 2 aliphatic heterocycles. The molecule has 4 amide bonds. The lowest BCUT2D eigenvalue weighted by Crippen LogP contribution is -2.58. The van der Waals surface area contributed by atoms with Crippen LogP contribution in [0.25, 0.3) is 0 Å². The van der Waals surface area contributed by atoms with Gasteiger partial charge in [0.15, 0.2) is 5.13 Å². The van der Waals surface area contributed by atoms with Gasteiger partial charge in [-0.25, -0.2) is 18.2 Å². The second-order valence-corrected chi connectivity index (χ2v) is 18.3. The Kier molecular flexibility index (Phi) is 10.1. The number of benzene rings is 1. The molecule has 16 heteroatoms. The summed E-state index contributed by atoms with van der Waals surface area (Å²) in [6.45, 7) is 6.00. The van der Waals surface area contributed by atoms with Gasteiger partial charge in [-0.2, -0.15) is 0 Å². The third-order valence-corrected chi connectivity index (χ3v) is 14.8. The van der Waals surface area contributed by atoms with Crippen molar-refractivity contribution in [3.8, 4) is 0 Å². The van der Waals surface area contributed by atoms with Crippen LogP contribution in [-0.2, 0) is 37.4 Å². The van der Waals surface area contributed by atoms with Crippen LogP contribution >= 0.6 is 22.9 Å². The van der Waals surface area contributed by atoms with Gasteiger partial charge in [-0.05, 0) is 68.1 Å². The van der Waals surface area contributed by atoms with Crippen LogP contribution in [0, 0.1) is 17.8 Å². The fourth-order valence-corrected chi connectivity index (χ4v) is 10.9. The summed E-state index contributed by atoms with van der Waals surface area (Å²) >= 11 is 8.03. The molecule has 1 unspecified atom stereocenters. The quantitative estimate of drug-likeness (QED) is 0.220. The van der Waals surface area contributed by atoms with Gasteiger partial charge in [0, 0.05) is 34.5 Å². The summed E-state index contributed by atoms with van der Waals surface area (Å²) in [5.74, 6) is -2.72. The van der Waals surface area contributed by atoms with Gasteiger partial charge < -0.3 is 20.6 Å². The number of thiazole rings is 1. The van der Waals surface area contributed by atoms with E-state index in [9.17, 15) is 32.7 Å². The topological polar surface area (TPSA) is 178 Å². The molecule has 2 aromatic rings. The van der Waals surface area contributed by atoms with Crippen molar-refractivity contribution in [2.75, 3.05) is 11.9 Å². The molecular formula is C36H45ClN6O7S2. The molecule has 3 heterocycles. The number of fused-ring (bicyclic) bond motifs is 1. The Hall–Kier alpha value is -3.69. The van der Waals surface area contributed by atoms with Gasteiger partial charge in [-0.1, -0.05) is 56.0 Å². The number of anilines is 1. The number of rotatable bonds is 12.